The molecule has 1 aliphatic heterocycles. The second-order valence-corrected chi connectivity index (χ2v) is 8.60. The molecule has 28 heavy (non-hydrogen) atoms. The van der Waals surface area contributed by atoms with Gasteiger partial charge in [0.25, 0.3) is 0 Å². The molecule has 2 aromatic carbocycles. The lowest BCUT2D eigenvalue weighted by molar-refractivity contribution is 0.228. The Bertz CT molecular complexity index is 807. The first-order chi connectivity index (χ1) is 13.5. The zero-order chi connectivity index (χ0) is 20.1. The van der Waals surface area contributed by atoms with Gasteiger partial charge >= 0.3 is 0 Å². The number of methoxy groups -OCH3 is 1. The summed E-state index contributed by atoms with van der Waals surface area (Å²) in [6.07, 6.45) is 3.87. The van der Waals surface area contributed by atoms with Crippen molar-refractivity contribution in [2.75, 3.05) is 30.4 Å². The van der Waals surface area contributed by atoms with Crippen molar-refractivity contribution in [1.29, 1.82) is 0 Å². The van der Waals surface area contributed by atoms with Gasteiger partial charge in [-0.1, -0.05) is 11.6 Å². The maximum Gasteiger partial charge on any atom is 0.175 e. The van der Waals surface area contributed by atoms with Gasteiger partial charge in [-0.05, 0) is 84.9 Å². The van der Waals surface area contributed by atoms with Crippen molar-refractivity contribution in [3.63, 3.8) is 0 Å². The third-order valence-corrected chi connectivity index (χ3v) is 5.68. The minimum atomic E-state index is 0.0785. The summed E-state index contributed by atoms with van der Waals surface area (Å²) in [5, 5.41) is 4.25. The van der Waals surface area contributed by atoms with Crippen molar-refractivity contribution in [1.82, 2.24) is 0 Å². The molecule has 3 rings (SSSR count). The summed E-state index contributed by atoms with van der Waals surface area (Å²) in [6, 6.07) is 10.3. The first-order valence-electron chi connectivity index (χ1n) is 9.79. The average Bonchev–Trinajstić information content (AvgIpc) is 2.68. The van der Waals surface area contributed by atoms with E-state index in [0.717, 1.165) is 51.0 Å². The lowest BCUT2D eigenvalue weighted by Gasteiger charge is -2.29. The van der Waals surface area contributed by atoms with Crippen LogP contribution in [-0.2, 0) is 6.54 Å². The smallest absolute Gasteiger partial charge is 0.175 e. The number of hydrogen-bond donors (Lipinski definition) is 1. The van der Waals surface area contributed by atoms with Gasteiger partial charge in [-0.15, -0.1) is 0 Å². The Morgan fingerprint density at radius 2 is 1.89 bits per heavy atom. The molecule has 4 nitrogen and oxygen atoms in total. The zero-order valence-corrected chi connectivity index (χ0v) is 19.1. The first kappa shape index (κ1) is 21.1. The summed E-state index contributed by atoms with van der Waals surface area (Å²) in [6.45, 7) is 6.84. The van der Waals surface area contributed by atoms with Crippen LogP contribution in [0.15, 0.2) is 34.8 Å². The molecular formula is C22H28BrClN2O2. The van der Waals surface area contributed by atoms with Crippen molar-refractivity contribution in [3.8, 4) is 11.5 Å². The van der Waals surface area contributed by atoms with Crippen molar-refractivity contribution >= 4 is 38.9 Å². The number of hydrogen-bond acceptors (Lipinski definition) is 4. The number of rotatable bonds is 7. The first-order valence-corrected chi connectivity index (χ1v) is 11.0. The van der Waals surface area contributed by atoms with E-state index in [-0.39, 0.29) is 6.10 Å². The van der Waals surface area contributed by atoms with Crippen molar-refractivity contribution in [3.05, 3.63) is 45.4 Å². The minimum Gasteiger partial charge on any atom is -0.493 e. The van der Waals surface area contributed by atoms with Gasteiger partial charge in [0.15, 0.2) is 11.5 Å². The molecule has 0 aromatic heterocycles. The normalized spacial score (nSPS) is 14.3. The number of ether oxygens (including phenoxy) is 2. The van der Waals surface area contributed by atoms with Gasteiger partial charge in [-0.2, -0.15) is 0 Å². The molecule has 0 unspecified atom stereocenters. The van der Waals surface area contributed by atoms with E-state index < -0.39 is 0 Å². The molecule has 1 N–H and O–H groups in total. The highest BCUT2D eigenvalue weighted by molar-refractivity contribution is 9.10. The molecule has 0 amide bonds. The molecule has 0 atom stereocenters. The Morgan fingerprint density at radius 1 is 1.14 bits per heavy atom. The van der Waals surface area contributed by atoms with Gasteiger partial charge in [0, 0.05) is 25.3 Å². The maximum atomic E-state index is 6.56. The van der Waals surface area contributed by atoms with Gasteiger partial charge in [0.1, 0.15) is 0 Å². The highest BCUT2D eigenvalue weighted by atomic mass is 79.9. The van der Waals surface area contributed by atoms with Gasteiger partial charge in [0.05, 0.1) is 28.4 Å². The number of anilines is 2. The molecule has 0 aliphatic carbocycles. The quantitative estimate of drug-likeness (QED) is 0.504. The molecule has 0 saturated carbocycles. The van der Waals surface area contributed by atoms with Crippen LogP contribution in [0.3, 0.4) is 0 Å². The van der Waals surface area contributed by atoms with Crippen molar-refractivity contribution in [2.24, 2.45) is 0 Å². The summed E-state index contributed by atoms with van der Waals surface area (Å²) in [4.78, 5) is 2.38. The van der Waals surface area contributed by atoms with E-state index in [2.05, 4.69) is 44.3 Å². The van der Waals surface area contributed by atoms with E-state index in [1.54, 1.807) is 7.11 Å². The Kier molecular flexibility index (Phi) is 7.36. The molecular weight excluding hydrogens is 440 g/mol. The van der Waals surface area contributed by atoms with Gasteiger partial charge in [0.2, 0.25) is 0 Å². The number of nitrogens with zero attached hydrogens (tertiary/aromatic N) is 1. The Labute approximate surface area is 181 Å². The van der Waals surface area contributed by atoms with Crippen LogP contribution in [0.25, 0.3) is 0 Å². The van der Waals surface area contributed by atoms with Gasteiger partial charge < -0.3 is 19.7 Å². The van der Waals surface area contributed by atoms with E-state index in [1.807, 2.05) is 26.0 Å². The molecule has 1 aliphatic rings. The van der Waals surface area contributed by atoms with Crippen LogP contribution in [-0.4, -0.2) is 26.3 Å². The van der Waals surface area contributed by atoms with Crippen molar-refractivity contribution < 1.29 is 9.47 Å². The molecule has 1 saturated heterocycles. The second kappa shape index (κ2) is 9.75. The van der Waals surface area contributed by atoms with E-state index in [4.69, 9.17) is 21.1 Å². The molecule has 0 spiro atoms. The molecule has 6 heteroatoms. The lowest BCUT2D eigenvalue weighted by atomic mass is 10.1. The number of benzene rings is 2. The van der Waals surface area contributed by atoms with E-state index in [0.29, 0.717) is 6.54 Å². The Hall–Kier alpha value is -1.59. The largest absolute Gasteiger partial charge is 0.493 e. The summed E-state index contributed by atoms with van der Waals surface area (Å²) in [5.74, 6) is 1.45. The Balaban J connectivity index is 1.70. The molecule has 0 radical (unpaired) electrons. The third-order valence-electron chi connectivity index (χ3n) is 4.78. The summed E-state index contributed by atoms with van der Waals surface area (Å²) < 4.78 is 12.3. The summed E-state index contributed by atoms with van der Waals surface area (Å²) in [7, 11) is 1.66. The Morgan fingerprint density at radius 3 is 2.54 bits per heavy atom. The second-order valence-electron chi connectivity index (χ2n) is 7.34. The summed E-state index contributed by atoms with van der Waals surface area (Å²) in [5.41, 5.74) is 3.23. The fraction of sp³-hybridized carbons (Fsp3) is 0.455. The zero-order valence-electron chi connectivity index (χ0n) is 16.7. The molecule has 2 aromatic rings. The van der Waals surface area contributed by atoms with Crippen LogP contribution in [0.2, 0.25) is 5.02 Å². The third kappa shape index (κ3) is 5.26. The average molecular weight is 468 g/mol. The minimum absolute atomic E-state index is 0.0785. The van der Waals surface area contributed by atoms with E-state index >= 15 is 0 Å². The lowest BCUT2D eigenvalue weighted by Crippen LogP contribution is -2.29. The van der Waals surface area contributed by atoms with E-state index in [9.17, 15) is 0 Å². The fourth-order valence-electron chi connectivity index (χ4n) is 3.44. The molecule has 1 heterocycles. The number of halogens is 2. The standard InChI is InChI=1S/C22H28BrClN2O2/c1-15(2)28-22-18(23)11-16(12-21(22)27-3)14-25-17-7-8-20(19(24)13-17)26-9-5-4-6-10-26/h7-8,11-13,15,25H,4-6,9-10,14H2,1-3H3. The van der Waals surface area contributed by atoms with Crippen molar-refractivity contribution in [2.45, 2.75) is 45.8 Å². The van der Waals surface area contributed by atoms with Crippen LogP contribution in [0.1, 0.15) is 38.7 Å². The fourth-order valence-corrected chi connectivity index (χ4v) is 4.32. The molecule has 0 bridgehead atoms. The van der Waals surface area contributed by atoms with Gasteiger partial charge in [-0.3, -0.25) is 0 Å². The molecule has 152 valence electrons. The SMILES string of the molecule is COc1cc(CNc2ccc(N3CCCCC3)c(Cl)c2)cc(Br)c1OC(C)C. The van der Waals surface area contributed by atoms with E-state index in [1.165, 1.54) is 19.3 Å². The number of piperidine rings is 1. The summed E-state index contributed by atoms with van der Waals surface area (Å²) >= 11 is 10.2. The maximum absolute atomic E-state index is 6.56. The predicted molar refractivity (Wildman–Crippen MR) is 121 cm³/mol. The van der Waals surface area contributed by atoms with Crippen LogP contribution in [0.4, 0.5) is 11.4 Å². The highest BCUT2D eigenvalue weighted by Gasteiger charge is 2.15. The monoisotopic (exact) mass is 466 g/mol. The molecule has 1 fully saturated rings. The van der Waals surface area contributed by atoms with Gasteiger partial charge in [-0.25, -0.2) is 0 Å². The van der Waals surface area contributed by atoms with Crippen LogP contribution < -0.4 is 19.7 Å². The van der Waals surface area contributed by atoms with Crippen LogP contribution >= 0.6 is 27.5 Å². The highest BCUT2D eigenvalue weighted by Crippen LogP contribution is 2.38. The van der Waals surface area contributed by atoms with Crippen LogP contribution in [0.5, 0.6) is 11.5 Å². The van der Waals surface area contributed by atoms with Crippen LogP contribution in [0, 0.1) is 0 Å². The number of nitrogens with one attached hydrogen (secondary N) is 1. The topological polar surface area (TPSA) is 33.7 Å². The predicted octanol–water partition coefficient (Wildman–Crippen LogP) is 6.50.